The van der Waals surface area contributed by atoms with E-state index >= 15 is 0 Å². The van der Waals surface area contributed by atoms with Crippen molar-refractivity contribution in [3.63, 3.8) is 0 Å². The molecular weight excluding hydrogens is 192 g/mol. The lowest BCUT2D eigenvalue weighted by Crippen LogP contribution is -2.24. The van der Waals surface area contributed by atoms with Gasteiger partial charge < -0.3 is 4.57 Å². The third-order valence-corrected chi connectivity index (χ3v) is 2.42. The molecule has 0 saturated heterocycles. The molecule has 0 spiro atoms. The van der Waals surface area contributed by atoms with Crippen molar-refractivity contribution in [1.82, 2.24) is 18.7 Å². The van der Waals surface area contributed by atoms with Gasteiger partial charge in [-0.15, -0.1) is 0 Å². The predicted octanol–water partition coefficient (Wildman–Crippen LogP) is 0.566. The van der Waals surface area contributed by atoms with E-state index in [1.165, 1.54) is 0 Å². The number of nitrogens with zero attached hydrogens (tertiary/aromatic N) is 4. The molecule has 0 aliphatic carbocycles. The normalized spacial score (nSPS) is 10.7. The molecule has 0 aliphatic heterocycles. The summed E-state index contributed by atoms with van der Waals surface area (Å²) < 4.78 is 5.35. The molecule has 0 atom stereocenters. The highest BCUT2D eigenvalue weighted by Gasteiger charge is 2.00. The van der Waals surface area contributed by atoms with Crippen LogP contribution in [0.3, 0.4) is 0 Å². The first-order valence-electron chi connectivity index (χ1n) is 5.02. The number of hydrogen-bond acceptors (Lipinski definition) is 2. The van der Waals surface area contributed by atoms with E-state index in [0.717, 1.165) is 13.1 Å². The smallest absolute Gasteiger partial charge is 0.328 e. The van der Waals surface area contributed by atoms with E-state index in [1.54, 1.807) is 21.7 Å². The van der Waals surface area contributed by atoms with Crippen molar-refractivity contribution in [2.45, 2.75) is 26.6 Å². The summed E-state index contributed by atoms with van der Waals surface area (Å²) in [5.74, 6) is 0. The summed E-state index contributed by atoms with van der Waals surface area (Å²) in [5.41, 5.74) is 0.0533. The maximum absolute atomic E-state index is 11.7. The van der Waals surface area contributed by atoms with Crippen LogP contribution in [0.1, 0.15) is 6.92 Å². The maximum Gasteiger partial charge on any atom is 0.328 e. The summed E-state index contributed by atoms with van der Waals surface area (Å²) in [6.07, 6.45) is 9.02. The van der Waals surface area contributed by atoms with Crippen LogP contribution in [0.5, 0.6) is 0 Å². The molecule has 0 saturated carbocycles. The van der Waals surface area contributed by atoms with E-state index in [9.17, 15) is 4.79 Å². The number of imidazole rings is 2. The third kappa shape index (κ3) is 2.01. The molecule has 2 heterocycles. The van der Waals surface area contributed by atoms with Gasteiger partial charge in [0.15, 0.2) is 0 Å². The molecule has 2 rings (SSSR count). The van der Waals surface area contributed by atoms with Gasteiger partial charge in [0.1, 0.15) is 0 Å². The summed E-state index contributed by atoms with van der Waals surface area (Å²) in [4.78, 5) is 15.6. The maximum atomic E-state index is 11.7. The van der Waals surface area contributed by atoms with Gasteiger partial charge in [-0.3, -0.25) is 9.13 Å². The lowest BCUT2D eigenvalue weighted by Gasteiger charge is -2.02. The van der Waals surface area contributed by atoms with Gasteiger partial charge in [-0.1, -0.05) is 0 Å². The van der Waals surface area contributed by atoms with E-state index in [-0.39, 0.29) is 5.69 Å². The highest BCUT2D eigenvalue weighted by atomic mass is 16.1. The van der Waals surface area contributed by atoms with Crippen LogP contribution in [-0.2, 0) is 19.6 Å². The van der Waals surface area contributed by atoms with E-state index in [0.29, 0.717) is 6.54 Å². The van der Waals surface area contributed by atoms with Crippen LogP contribution < -0.4 is 5.69 Å². The molecule has 0 radical (unpaired) electrons. The lowest BCUT2D eigenvalue weighted by atomic mass is 10.6. The van der Waals surface area contributed by atoms with Crippen LogP contribution in [0.2, 0.25) is 0 Å². The van der Waals surface area contributed by atoms with Crippen molar-refractivity contribution in [3.8, 4) is 0 Å². The summed E-state index contributed by atoms with van der Waals surface area (Å²) in [5, 5.41) is 0. The molecule has 2 aromatic heterocycles. The van der Waals surface area contributed by atoms with Crippen molar-refractivity contribution in [2.75, 3.05) is 0 Å². The van der Waals surface area contributed by atoms with Crippen LogP contribution in [-0.4, -0.2) is 18.7 Å². The predicted molar refractivity (Wildman–Crippen MR) is 56.6 cm³/mol. The Bertz CT molecular complexity index is 466. The summed E-state index contributed by atoms with van der Waals surface area (Å²) in [6.45, 7) is 4.13. The van der Waals surface area contributed by atoms with Gasteiger partial charge >= 0.3 is 5.69 Å². The fourth-order valence-corrected chi connectivity index (χ4v) is 1.51. The summed E-state index contributed by atoms with van der Waals surface area (Å²) >= 11 is 0. The molecule has 0 aliphatic rings. The van der Waals surface area contributed by atoms with Crippen LogP contribution in [0.4, 0.5) is 0 Å². The Morgan fingerprint density at radius 3 is 2.60 bits per heavy atom. The van der Waals surface area contributed by atoms with E-state index in [1.807, 2.05) is 30.1 Å². The standard InChI is InChI=1S/C10H14N4O/c1-2-13-7-8-14(10(13)15)6-5-12-4-3-11-9-12/h3-4,7-9H,2,5-6H2,1H3. The summed E-state index contributed by atoms with van der Waals surface area (Å²) in [7, 11) is 0. The first-order valence-corrected chi connectivity index (χ1v) is 5.02. The Morgan fingerprint density at radius 2 is 2.00 bits per heavy atom. The monoisotopic (exact) mass is 206 g/mol. The largest absolute Gasteiger partial charge is 0.336 e. The second-order valence-electron chi connectivity index (χ2n) is 3.36. The first kappa shape index (κ1) is 9.76. The van der Waals surface area contributed by atoms with Crippen molar-refractivity contribution >= 4 is 0 Å². The second kappa shape index (κ2) is 4.16. The number of aryl methyl sites for hydroxylation is 3. The number of hydrogen-bond donors (Lipinski definition) is 0. The van der Waals surface area contributed by atoms with Crippen molar-refractivity contribution in [1.29, 1.82) is 0 Å². The van der Waals surface area contributed by atoms with Crippen LogP contribution in [0.15, 0.2) is 35.9 Å². The van der Waals surface area contributed by atoms with Crippen LogP contribution >= 0.6 is 0 Å². The molecule has 0 amide bonds. The molecule has 15 heavy (non-hydrogen) atoms. The average molecular weight is 206 g/mol. The topological polar surface area (TPSA) is 44.8 Å². The van der Waals surface area contributed by atoms with Crippen molar-refractivity contribution in [3.05, 3.63) is 41.6 Å². The quantitative estimate of drug-likeness (QED) is 0.734. The Balaban J connectivity index is 2.05. The first-order chi connectivity index (χ1) is 7.31. The zero-order chi connectivity index (χ0) is 10.7. The van der Waals surface area contributed by atoms with Crippen molar-refractivity contribution < 1.29 is 0 Å². The Morgan fingerprint density at radius 1 is 1.20 bits per heavy atom. The van der Waals surface area contributed by atoms with E-state index in [2.05, 4.69) is 4.98 Å². The zero-order valence-electron chi connectivity index (χ0n) is 8.71. The molecule has 0 unspecified atom stereocenters. The highest BCUT2D eigenvalue weighted by Crippen LogP contribution is 1.90. The SMILES string of the molecule is CCn1ccn(CCn2ccnc2)c1=O. The molecule has 5 heteroatoms. The fourth-order valence-electron chi connectivity index (χ4n) is 1.51. The Labute approximate surface area is 87.6 Å². The van der Waals surface area contributed by atoms with Gasteiger partial charge in [-0.25, -0.2) is 9.78 Å². The molecule has 80 valence electrons. The minimum atomic E-state index is 0.0533. The second-order valence-corrected chi connectivity index (χ2v) is 3.36. The van der Waals surface area contributed by atoms with Crippen molar-refractivity contribution in [2.24, 2.45) is 0 Å². The average Bonchev–Trinajstić information content (AvgIpc) is 2.85. The number of aromatic nitrogens is 4. The van der Waals surface area contributed by atoms with Gasteiger partial charge in [0.05, 0.1) is 6.33 Å². The molecule has 5 nitrogen and oxygen atoms in total. The molecular formula is C10H14N4O. The van der Waals surface area contributed by atoms with Crippen LogP contribution in [0.25, 0.3) is 0 Å². The van der Waals surface area contributed by atoms with Gasteiger partial charge in [0.2, 0.25) is 0 Å². The van der Waals surface area contributed by atoms with Crippen LogP contribution in [0, 0.1) is 0 Å². The van der Waals surface area contributed by atoms with Gasteiger partial charge in [-0.2, -0.15) is 0 Å². The summed E-state index contributed by atoms with van der Waals surface area (Å²) in [6, 6.07) is 0. The Kier molecular flexibility index (Phi) is 2.71. The van der Waals surface area contributed by atoms with E-state index < -0.39 is 0 Å². The van der Waals surface area contributed by atoms with Gasteiger partial charge in [0.25, 0.3) is 0 Å². The molecule has 0 N–H and O–H groups in total. The minimum absolute atomic E-state index is 0.0533. The number of rotatable bonds is 4. The van der Waals surface area contributed by atoms with E-state index in [4.69, 9.17) is 0 Å². The van der Waals surface area contributed by atoms with Gasteiger partial charge in [0, 0.05) is 44.4 Å². The fraction of sp³-hybridized carbons (Fsp3) is 0.400. The highest BCUT2D eigenvalue weighted by molar-refractivity contribution is 4.81. The zero-order valence-corrected chi connectivity index (χ0v) is 8.71. The third-order valence-electron chi connectivity index (χ3n) is 2.42. The minimum Gasteiger partial charge on any atom is -0.336 e. The molecule has 0 aromatic carbocycles. The van der Waals surface area contributed by atoms with Gasteiger partial charge in [-0.05, 0) is 6.92 Å². The Hall–Kier alpha value is -1.78. The molecule has 2 aromatic rings. The lowest BCUT2D eigenvalue weighted by molar-refractivity contribution is 0.551. The molecule has 0 fully saturated rings. The molecule has 0 bridgehead atoms.